The van der Waals surface area contributed by atoms with E-state index in [0.29, 0.717) is 25.3 Å². The Kier molecular flexibility index (Phi) is 4.45. The van der Waals surface area contributed by atoms with Gasteiger partial charge in [0.1, 0.15) is 5.82 Å². The Balaban J connectivity index is 1.85. The number of hydrogen-bond donors (Lipinski definition) is 2. The van der Waals surface area contributed by atoms with Gasteiger partial charge in [0.05, 0.1) is 6.61 Å². The third-order valence-electron chi connectivity index (χ3n) is 4.54. The third-order valence-corrected chi connectivity index (χ3v) is 4.54. The van der Waals surface area contributed by atoms with Crippen molar-refractivity contribution in [3.05, 3.63) is 42.2 Å². The predicted octanol–water partition coefficient (Wildman–Crippen LogP) is 1.44. The van der Waals surface area contributed by atoms with Crippen LogP contribution in [0, 0.1) is 5.41 Å². The van der Waals surface area contributed by atoms with Gasteiger partial charge in [0.15, 0.2) is 0 Å². The van der Waals surface area contributed by atoms with Gasteiger partial charge < -0.3 is 20.1 Å². The molecule has 0 radical (unpaired) electrons. The zero-order chi connectivity index (χ0) is 16.3. The molecule has 0 saturated carbocycles. The van der Waals surface area contributed by atoms with Gasteiger partial charge >= 0.3 is 0 Å². The Morgan fingerprint density at radius 2 is 2.00 bits per heavy atom. The van der Waals surface area contributed by atoms with Crippen molar-refractivity contribution in [2.75, 3.05) is 19.8 Å². The molecule has 6 nitrogen and oxygen atoms in total. The van der Waals surface area contributed by atoms with Crippen LogP contribution in [0.15, 0.2) is 36.7 Å². The van der Waals surface area contributed by atoms with Gasteiger partial charge in [-0.05, 0) is 25.0 Å². The fourth-order valence-electron chi connectivity index (χ4n) is 3.01. The molecule has 2 heterocycles. The lowest BCUT2D eigenvalue weighted by atomic mass is 9.81. The number of aliphatic hydroxyl groups excluding tert-OH is 1. The topological polar surface area (TPSA) is 90.4 Å². The summed E-state index contributed by atoms with van der Waals surface area (Å²) in [6, 6.07) is 7.09. The van der Waals surface area contributed by atoms with Crippen molar-refractivity contribution in [3.63, 3.8) is 0 Å². The van der Waals surface area contributed by atoms with Crippen LogP contribution in [0.4, 0.5) is 0 Å². The van der Waals surface area contributed by atoms with Crippen molar-refractivity contribution >= 4 is 5.91 Å². The van der Waals surface area contributed by atoms with Gasteiger partial charge in [-0.2, -0.15) is 0 Å². The number of carbonyl (C=O) groups is 1. The second kappa shape index (κ2) is 6.52. The molecule has 0 atom stereocenters. The maximum Gasteiger partial charge on any atom is 0.248 e. The number of ether oxygens (including phenoxy) is 1. The summed E-state index contributed by atoms with van der Waals surface area (Å²) in [5.74, 6) is 0.377. The van der Waals surface area contributed by atoms with E-state index < -0.39 is 5.91 Å². The van der Waals surface area contributed by atoms with Crippen LogP contribution in [-0.2, 0) is 11.3 Å². The lowest BCUT2D eigenvalue weighted by molar-refractivity contribution is -0.0250. The normalized spacial score (nSPS) is 17.1. The Hall–Kier alpha value is -2.18. The van der Waals surface area contributed by atoms with E-state index in [0.717, 1.165) is 24.2 Å². The highest BCUT2D eigenvalue weighted by molar-refractivity contribution is 5.93. The predicted molar refractivity (Wildman–Crippen MR) is 85.8 cm³/mol. The SMILES string of the molecule is NC(=O)c1ccc(-c2nccn2CC2(CO)CCOCC2)cc1. The van der Waals surface area contributed by atoms with Crippen molar-refractivity contribution in [3.8, 4) is 11.4 Å². The number of imidazole rings is 1. The van der Waals surface area contributed by atoms with E-state index in [1.807, 2.05) is 18.3 Å². The highest BCUT2D eigenvalue weighted by Crippen LogP contribution is 2.33. The molecule has 6 heteroatoms. The largest absolute Gasteiger partial charge is 0.396 e. The highest BCUT2D eigenvalue weighted by atomic mass is 16.5. The summed E-state index contributed by atoms with van der Waals surface area (Å²) in [7, 11) is 0. The highest BCUT2D eigenvalue weighted by Gasteiger charge is 2.33. The summed E-state index contributed by atoms with van der Waals surface area (Å²) in [4.78, 5) is 15.6. The van der Waals surface area contributed by atoms with Gasteiger partial charge in [0, 0.05) is 48.7 Å². The maximum absolute atomic E-state index is 11.2. The molecule has 3 rings (SSSR count). The van der Waals surface area contributed by atoms with Crippen LogP contribution in [0.1, 0.15) is 23.2 Å². The average molecular weight is 315 g/mol. The minimum atomic E-state index is -0.443. The zero-order valence-electron chi connectivity index (χ0n) is 12.9. The van der Waals surface area contributed by atoms with Crippen LogP contribution in [0.5, 0.6) is 0 Å². The second-order valence-corrected chi connectivity index (χ2v) is 6.09. The first-order valence-electron chi connectivity index (χ1n) is 7.74. The Labute approximate surface area is 134 Å². The molecule has 23 heavy (non-hydrogen) atoms. The monoisotopic (exact) mass is 315 g/mol. The fourth-order valence-corrected chi connectivity index (χ4v) is 3.01. The molecule has 1 aromatic heterocycles. The number of rotatable bonds is 5. The molecular formula is C17H21N3O3. The van der Waals surface area contributed by atoms with Gasteiger partial charge in [-0.1, -0.05) is 12.1 Å². The lowest BCUT2D eigenvalue weighted by Gasteiger charge is -2.36. The van der Waals surface area contributed by atoms with Gasteiger partial charge in [-0.15, -0.1) is 0 Å². The van der Waals surface area contributed by atoms with E-state index >= 15 is 0 Å². The number of hydrogen-bond acceptors (Lipinski definition) is 4. The molecule has 1 aliphatic heterocycles. The number of aromatic nitrogens is 2. The number of primary amides is 1. The summed E-state index contributed by atoms with van der Waals surface area (Å²) >= 11 is 0. The summed E-state index contributed by atoms with van der Waals surface area (Å²) in [6.45, 7) is 2.18. The van der Waals surface area contributed by atoms with Crippen molar-refractivity contribution in [2.45, 2.75) is 19.4 Å². The van der Waals surface area contributed by atoms with Crippen LogP contribution in [0.3, 0.4) is 0 Å². The molecule has 0 unspecified atom stereocenters. The molecule has 1 amide bonds. The quantitative estimate of drug-likeness (QED) is 0.873. The van der Waals surface area contributed by atoms with Crippen LogP contribution in [0.25, 0.3) is 11.4 Å². The first kappa shape index (κ1) is 15.7. The summed E-state index contributed by atoms with van der Waals surface area (Å²) < 4.78 is 7.47. The zero-order valence-corrected chi connectivity index (χ0v) is 12.9. The number of nitrogens with two attached hydrogens (primary N) is 1. The standard InChI is InChI=1S/C17H21N3O3/c18-15(22)13-1-3-14(4-2-13)16-19-7-8-20(16)11-17(12-21)5-9-23-10-6-17/h1-4,7-8,21H,5-6,9-12H2,(H2,18,22). The molecule has 122 valence electrons. The van der Waals surface area contributed by atoms with E-state index in [9.17, 15) is 9.90 Å². The van der Waals surface area contributed by atoms with E-state index in [-0.39, 0.29) is 12.0 Å². The second-order valence-electron chi connectivity index (χ2n) is 6.09. The number of nitrogens with zero attached hydrogens (tertiary/aromatic N) is 2. The van der Waals surface area contributed by atoms with Crippen LogP contribution >= 0.6 is 0 Å². The number of aliphatic hydroxyl groups is 1. The minimum absolute atomic E-state index is 0.134. The summed E-state index contributed by atoms with van der Waals surface area (Å²) in [5, 5.41) is 9.86. The van der Waals surface area contributed by atoms with Gasteiger partial charge in [0.2, 0.25) is 5.91 Å². The van der Waals surface area contributed by atoms with E-state index in [2.05, 4.69) is 9.55 Å². The van der Waals surface area contributed by atoms with Crippen LogP contribution in [0.2, 0.25) is 0 Å². The Bertz CT molecular complexity index is 673. The lowest BCUT2D eigenvalue weighted by Crippen LogP contribution is -2.37. The minimum Gasteiger partial charge on any atom is -0.396 e. The molecule has 0 spiro atoms. The molecule has 0 aliphatic carbocycles. The van der Waals surface area contributed by atoms with Crippen LogP contribution < -0.4 is 5.73 Å². The maximum atomic E-state index is 11.2. The average Bonchev–Trinajstić information content (AvgIpc) is 3.03. The van der Waals surface area contributed by atoms with Gasteiger partial charge in [-0.25, -0.2) is 4.98 Å². The van der Waals surface area contributed by atoms with Crippen molar-refractivity contribution < 1.29 is 14.6 Å². The van der Waals surface area contributed by atoms with E-state index in [1.54, 1.807) is 18.3 Å². The first-order valence-corrected chi connectivity index (χ1v) is 7.74. The number of carbonyl (C=O) groups excluding carboxylic acids is 1. The molecular weight excluding hydrogens is 294 g/mol. The Morgan fingerprint density at radius 3 is 2.61 bits per heavy atom. The molecule has 2 aromatic rings. The third kappa shape index (κ3) is 3.28. The molecule has 1 aromatic carbocycles. The Morgan fingerprint density at radius 1 is 1.30 bits per heavy atom. The van der Waals surface area contributed by atoms with Gasteiger partial charge in [-0.3, -0.25) is 4.79 Å². The molecule has 3 N–H and O–H groups in total. The molecule has 0 bridgehead atoms. The van der Waals surface area contributed by atoms with Gasteiger partial charge in [0.25, 0.3) is 0 Å². The first-order chi connectivity index (χ1) is 11.1. The molecule has 1 fully saturated rings. The summed E-state index contributed by atoms with van der Waals surface area (Å²) in [5.41, 5.74) is 6.50. The van der Waals surface area contributed by atoms with Crippen molar-refractivity contribution in [1.29, 1.82) is 0 Å². The summed E-state index contributed by atoms with van der Waals surface area (Å²) in [6.07, 6.45) is 5.34. The fraction of sp³-hybridized carbons (Fsp3) is 0.412. The molecule has 1 aliphatic rings. The van der Waals surface area contributed by atoms with E-state index in [1.165, 1.54) is 0 Å². The van der Waals surface area contributed by atoms with Crippen molar-refractivity contribution in [2.24, 2.45) is 11.1 Å². The smallest absolute Gasteiger partial charge is 0.248 e. The number of amides is 1. The van der Waals surface area contributed by atoms with E-state index in [4.69, 9.17) is 10.5 Å². The van der Waals surface area contributed by atoms with Crippen molar-refractivity contribution in [1.82, 2.24) is 9.55 Å². The number of benzene rings is 1. The van der Waals surface area contributed by atoms with Crippen LogP contribution in [-0.4, -0.2) is 40.4 Å². The molecule has 1 saturated heterocycles.